The van der Waals surface area contributed by atoms with Gasteiger partial charge in [-0.3, -0.25) is 4.79 Å². The van der Waals surface area contributed by atoms with Gasteiger partial charge in [-0.1, -0.05) is 32.1 Å². The third kappa shape index (κ3) is 5.96. The summed E-state index contributed by atoms with van der Waals surface area (Å²) in [6, 6.07) is 0.104. The van der Waals surface area contributed by atoms with Crippen molar-refractivity contribution in [1.82, 2.24) is 4.90 Å². The summed E-state index contributed by atoms with van der Waals surface area (Å²) in [6.07, 6.45) is 9.39. The molecule has 0 aromatic rings. The van der Waals surface area contributed by atoms with Crippen LogP contribution in [0.1, 0.15) is 70.6 Å². The number of unbranched alkanes of at least 4 members (excludes halogenated alkanes) is 3. The lowest BCUT2D eigenvalue weighted by Crippen LogP contribution is -2.36. The molecule has 24 heavy (non-hydrogen) atoms. The third-order valence-electron chi connectivity index (χ3n) is 5.36. The molecule has 138 valence electrons. The average Bonchev–Trinajstić information content (AvgIpc) is 3.19. The number of aliphatic hydroxyl groups is 1. The molecule has 2 N–H and O–H groups in total. The lowest BCUT2D eigenvalue weighted by Gasteiger charge is -2.24. The normalized spacial score (nSPS) is 22.8. The largest absolute Gasteiger partial charge is 0.481 e. The van der Waals surface area contributed by atoms with E-state index < -0.39 is 5.97 Å². The first-order valence-corrected chi connectivity index (χ1v) is 9.41. The van der Waals surface area contributed by atoms with Gasteiger partial charge in [-0.05, 0) is 38.0 Å². The van der Waals surface area contributed by atoms with E-state index in [2.05, 4.69) is 0 Å². The molecule has 1 aliphatic carbocycles. The number of hydrogen-bond donors (Lipinski definition) is 2. The maximum absolute atomic E-state index is 11.9. The summed E-state index contributed by atoms with van der Waals surface area (Å²) in [5.74, 6) is -0.340. The number of cyclic esters (lactones) is 1. The van der Waals surface area contributed by atoms with Crippen molar-refractivity contribution in [3.05, 3.63) is 0 Å². The molecule has 6 nitrogen and oxygen atoms in total. The van der Waals surface area contributed by atoms with Crippen molar-refractivity contribution in [2.75, 3.05) is 13.2 Å². The van der Waals surface area contributed by atoms with Crippen molar-refractivity contribution in [3.8, 4) is 0 Å². The Labute approximate surface area is 144 Å². The van der Waals surface area contributed by atoms with E-state index in [0.29, 0.717) is 31.9 Å². The second kappa shape index (κ2) is 9.87. The van der Waals surface area contributed by atoms with Gasteiger partial charge in [0.15, 0.2) is 0 Å². The van der Waals surface area contributed by atoms with Gasteiger partial charge in [0.1, 0.15) is 6.61 Å². The van der Waals surface area contributed by atoms with Crippen LogP contribution < -0.4 is 0 Å². The number of ether oxygens (including phenoxy) is 1. The van der Waals surface area contributed by atoms with Gasteiger partial charge < -0.3 is 19.8 Å². The monoisotopic (exact) mass is 341 g/mol. The van der Waals surface area contributed by atoms with Crippen LogP contribution >= 0.6 is 0 Å². The van der Waals surface area contributed by atoms with Crippen molar-refractivity contribution >= 4 is 12.1 Å². The molecule has 1 aliphatic heterocycles. The van der Waals surface area contributed by atoms with E-state index in [9.17, 15) is 14.7 Å². The number of aliphatic hydroxyl groups excluding tert-OH is 1. The summed E-state index contributed by atoms with van der Waals surface area (Å²) in [4.78, 5) is 24.1. The molecule has 2 fully saturated rings. The van der Waals surface area contributed by atoms with Gasteiger partial charge in [0.05, 0.1) is 12.1 Å². The summed E-state index contributed by atoms with van der Waals surface area (Å²) in [7, 11) is 0. The number of amides is 1. The SMILES string of the molecule is O=C(O)CCCCCCC1COC(=O)N1CCC(O)C1CCCC1. The minimum atomic E-state index is -0.739. The van der Waals surface area contributed by atoms with E-state index in [0.717, 1.165) is 38.5 Å². The molecule has 2 aliphatic rings. The Kier molecular flexibility index (Phi) is 7.82. The molecule has 2 atom stereocenters. The molecular formula is C18H31NO5. The molecule has 2 unspecified atom stereocenters. The minimum Gasteiger partial charge on any atom is -0.481 e. The van der Waals surface area contributed by atoms with Crippen LogP contribution in [0.5, 0.6) is 0 Å². The van der Waals surface area contributed by atoms with E-state index in [1.54, 1.807) is 4.90 Å². The van der Waals surface area contributed by atoms with Crippen molar-refractivity contribution in [2.45, 2.75) is 82.8 Å². The van der Waals surface area contributed by atoms with Crippen LogP contribution in [0, 0.1) is 5.92 Å². The summed E-state index contributed by atoms with van der Waals surface area (Å²) in [5, 5.41) is 18.9. The van der Waals surface area contributed by atoms with Gasteiger partial charge >= 0.3 is 12.1 Å². The fourth-order valence-corrected chi connectivity index (χ4v) is 3.86. The zero-order chi connectivity index (χ0) is 17.4. The zero-order valence-corrected chi connectivity index (χ0v) is 14.5. The Bertz CT molecular complexity index is 408. The summed E-state index contributed by atoms with van der Waals surface area (Å²) in [5.41, 5.74) is 0. The third-order valence-corrected chi connectivity index (χ3v) is 5.36. The van der Waals surface area contributed by atoms with Crippen LogP contribution in [0.15, 0.2) is 0 Å². The lowest BCUT2D eigenvalue weighted by atomic mass is 9.98. The predicted molar refractivity (Wildman–Crippen MR) is 89.8 cm³/mol. The van der Waals surface area contributed by atoms with Crippen LogP contribution in [-0.4, -0.2) is 52.5 Å². The van der Waals surface area contributed by atoms with Crippen molar-refractivity contribution in [3.63, 3.8) is 0 Å². The van der Waals surface area contributed by atoms with E-state index in [-0.39, 0.29) is 24.7 Å². The number of rotatable bonds is 11. The van der Waals surface area contributed by atoms with E-state index in [4.69, 9.17) is 9.84 Å². The van der Waals surface area contributed by atoms with Crippen LogP contribution in [0.2, 0.25) is 0 Å². The zero-order valence-electron chi connectivity index (χ0n) is 14.5. The first kappa shape index (κ1) is 19.0. The van der Waals surface area contributed by atoms with Crippen LogP contribution in [-0.2, 0) is 9.53 Å². The Morgan fingerprint density at radius 1 is 1.21 bits per heavy atom. The Balaban J connectivity index is 1.64. The first-order valence-electron chi connectivity index (χ1n) is 9.41. The molecule has 0 aromatic heterocycles. The highest BCUT2D eigenvalue weighted by molar-refractivity contribution is 5.70. The van der Waals surface area contributed by atoms with Crippen LogP contribution in [0.4, 0.5) is 4.79 Å². The molecule has 1 saturated heterocycles. The maximum atomic E-state index is 11.9. The highest BCUT2D eigenvalue weighted by Crippen LogP contribution is 2.29. The van der Waals surface area contributed by atoms with Gasteiger partial charge in [0, 0.05) is 13.0 Å². The Morgan fingerprint density at radius 3 is 2.62 bits per heavy atom. The van der Waals surface area contributed by atoms with E-state index >= 15 is 0 Å². The Hall–Kier alpha value is -1.30. The molecule has 0 aromatic carbocycles. The number of carboxylic acid groups (broad SMARTS) is 1. The minimum absolute atomic E-state index is 0.104. The molecule has 0 spiro atoms. The summed E-state index contributed by atoms with van der Waals surface area (Å²) < 4.78 is 5.17. The van der Waals surface area contributed by atoms with Gasteiger partial charge in [-0.25, -0.2) is 4.79 Å². The standard InChI is InChI=1S/C18H31NO5/c20-16(14-7-5-6-8-14)11-12-19-15(13-24-18(19)23)9-3-1-2-4-10-17(21)22/h14-16,20H,1-13H2,(H,21,22). The number of aliphatic carboxylic acids is 1. The second-order valence-corrected chi connectivity index (χ2v) is 7.17. The molecule has 2 rings (SSSR count). The highest BCUT2D eigenvalue weighted by atomic mass is 16.6. The maximum Gasteiger partial charge on any atom is 0.410 e. The van der Waals surface area contributed by atoms with Gasteiger partial charge in [0.25, 0.3) is 0 Å². The molecular weight excluding hydrogens is 310 g/mol. The van der Waals surface area contributed by atoms with Crippen molar-refractivity contribution < 1.29 is 24.5 Å². The van der Waals surface area contributed by atoms with Crippen molar-refractivity contribution in [1.29, 1.82) is 0 Å². The molecule has 6 heteroatoms. The smallest absolute Gasteiger partial charge is 0.410 e. The summed E-state index contributed by atoms with van der Waals surface area (Å²) in [6.45, 7) is 1.01. The molecule has 0 bridgehead atoms. The average molecular weight is 341 g/mol. The quantitative estimate of drug-likeness (QED) is 0.564. The van der Waals surface area contributed by atoms with Crippen LogP contribution in [0.3, 0.4) is 0 Å². The number of carbonyl (C=O) groups excluding carboxylic acids is 1. The molecule has 0 radical (unpaired) electrons. The molecule has 1 saturated carbocycles. The number of nitrogens with zero attached hydrogens (tertiary/aromatic N) is 1. The number of hydrogen-bond acceptors (Lipinski definition) is 4. The fourth-order valence-electron chi connectivity index (χ4n) is 3.86. The van der Waals surface area contributed by atoms with E-state index in [1.165, 1.54) is 12.8 Å². The highest BCUT2D eigenvalue weighted by Gasteiger charge is 2.33. The first-order chi connectivity index (χ1) is 11.6. The van der Waals surface area contributed by atoms with Gasteiger partial charge in [-0.2, -0.15) is 0 Å². The predicted octanol–water partition coefficient (Wildman–Crippen LogP) is 3.17. The molecule has 1 amide bonds. The fraction of sp³-hybridized carbons (Fsp3) is 0.889. The number of carboxylic acids is 1. The lowest BCUT2D eigenvalue weighted by molar-refractivity contribution is -0.137. The van der Waals surface area contributed by atoms with E-state index in [1.807, 2.05) is 0 Å². The second-order valence-electron chi connectivity index (χ2n) is 7.17. The van der Waals surface area contributed by atoms with Gasteiger partial charge in [0.2, 0.25) is 0 Å². The van der Waals surface area contributed by atoms with Crippen LogP contribution in [0.25, 0.3) is 0 Å². The van der Waals surface area contributed by atoms with Crippen molar-refractivity contribution in [2.24, 2.45) is 5.92 Å². The summed E-state index contributed by atoms with van der Waals surface area (Å²) >= 11 is 0. The molecule has 1 heterocycles. The number of carbonyl (C=O) groups is 2. The van der Waals surface area contributed by atoms with Gasteiger partial charge in [-0.15, -0.1) is 0 Å². The Morgan fingerprint density at radius 2 is 1.92 bits per heavy atom. The topological polar surface area (TPSA) is 87.1 Å².